The molecule has 7 nitrogen and oxygen atoms in total. The predicted molar refractivity (Wildman–Crippen MR) is 126 cm³/mol. The highest BCUT2D eigenvalue weighted by molar-refractivity contribution is 7.98. The lowest BCUT2D eigenvalue weighted by atomic mass is 10.2. The Labute approximate surface area is 195 Å². The van der Waals surface area contributed by atoms with Crippen molar-refractivity contribution in [1.82, 2.24) is 15.8 Å². The van der Waals surface area contributed by atoms with E-state index in [1.807, 2.05) is 17.5 Å². The highest BCUT2D eigenvalue weighted by Crippen LogP contribution is 2.28. The van der Waals surface area contributed by atoms with Crippen molar-refractivity contribution in [2.75, 3.05) is 13.7 Å². The Hall–Kier alpha value is -3.04. The molecule has 3 rings (SSSR count). The van der Waals surface area contributed by atoms with Gasteiger partial charge in [0.05, 0.1) is 30.5 Å². The predicted octanol–water partition coefficient (Wildman–Crippen LogP) is 4.70. The molecule has 0 fully saturated rings. The number of nitrogens with one attached hydrogen (secondary N) is 2. The first-order chi connectivity index (χ1) is 15.6. The normalized spacial score (nSPS) is 10.4. The molecule has 0 radical (unpaired) electrons. The summed E-state index contributed by atoms with van der Waals surface area (Å²) in [5.41, 5.74) is 8.51. The molecule has 0 atom stereocenters. The fraction of sp³-hybridized carbons (Fsp3) is 0.261. The van der Waals surface area contributed by atoms with Crippen molar-refractivity contribution in [2.24, 2.45) is 0 Å². The van der Waals surface area contributed by atoms with Gasteiger partial charge in [0.2, 0.25) is 0 Å². The van der Waals surface area contributed by atoms with Crippen LogP contribution in [-0.4, -0.2) is 30.5 Å². The Bertz CT molecular complexity index is 1040. The third-order valence-electron chi connectivity index (χ3n) is 4.46. The molecule has 0 aliphatic carbocycles. The topological polar surface area (TPSA) is 89.6 Å². The van der Waals surface area contributed by atoms with E-state index in [-0.39, 0.29) is 0 Å². The van der Waals surface area contributed by atoms with Crippen LogP contribution in [0.15, 0.2) is 58.3 Å². The summed E-state index contributed by atoms with van der Waals surface area (Å²) in [4.78, 5) is 30.3. The zero-order chi connectivity index (χ0) is 22.8. The van der Waals surface area contributed by atoms with E-state index in [1.165, 1.54) is 30.2 Å². The molecule has 0 aliphatic rings. The van der Waals surface area contributed by atoms with Crippen molar-refractivity contribution in [3.05, 3.63) is 70.2 Å². The lowest BCUT2D eigenvalue weighted by Crippen LogP contribution is -2.41. The first kappa shape index (κ1) is 23.6. The minimum Gasteiger partial charge on any atom is -0.493 e. The van der Waals surface area contributed by atoms with Crippen LogP contribution in [0.3, 0.4) is 0 Å². The van der Waals surface area contributed by atoms with Crippen molar-refractivity contribution >= 4 is 34.9 Å². The molecule has 2 aromatic carbocycles. The molecule has 2 N–H and O–H groups in total. The number of carbonyl (C=O) groups excluding carboxylic acids is 2. The van der Waals surface area contributed by atoms with E-state index in [0.29, 0.717) is 35.0 Å². The van der Waals surface area contributed by atoms with Crippen LogP contribution in [0.5, 0.6) is 11.5 Å². The maximum absolute atomic E-state index is 12.7. The summed E-state index contributed by atoms with van der Waals surface area (Å²) in [6.45, 7) is 2.66. The van der Waals surface area contributed by atoms with Gasteiger partial charge in [0.25, 0.3) is 11.8 Å². The second-order valence-electron chi connectivity index (χ2n) is 6.74. The Kier molecular flexibility index (Phi) is 8.94. The Morgan fingerprint density at radius 1 is 1.09 bits per heavy atom. The molecule has 9 heteroatoms. The summed E-state index contributed by atoms with van der Waals surface area (Å²) in [6, 6.07) is 12.1. The van der Waals surface area contributed by atoms with E-state index in [4.69, 9.17) is 9.47 Å². The molecule has 32 heavy (non-hydrogen) atoms. The molecule has 0 unspecified atom stereocenters. The maximum atomic E-state index is 12.7. The number of thiazole rings is 1. The van der Waals surface area contributed by atoms with Gasteiger partial charge in [0.15, 0.2) is 11.5 Å². The molecular formula is C23H25N3O4S2. The lowest BCUT2D eigenvalue weighted by Gasteiger charge is -2.13. The van der Waals surface area contributed by atoms with Gasteiger partial charge >= 0.3 is 0 Å². The lowest BCUT2D eigenvalue weighted by molar-refractivity contribution is 0.0845. The number of rotatable bonds is 10. The van der Waals surface area contributed by atoms with Crippen molar-refractivity contribution in [3.63, 3.8) is 0 Å². The summed E-state index contributed by atoms with van der Waals surface area (Å²) in [7, 11) is 1.52. The smallest absolute Gasteiger partial charge is 0.270 e. The average molecular weight is 472 g/mol. The van der Waals surface area contributed by atoms with Gasteiger partial charge in [0, 0.05) is 21.6 Å². The van der Waals surface area contributed by atoms with E-state index in [2.05, 4.69) is 22.8 Å². The summed E-state index contributed by atoms with van der Waals surface area (Å²) in [6.07, 6.45) is 1.95. The number of nitrogens with zero attached hydrogens (tertiary/aromatic N) is 1. The zero-order valence-electron chi connectivity index (χ0n) is 17.9. The minimum absolute atomic E-state index is 0.344. The van der Waals surface area contributed by atoms with Gasteiger partial charge < -0.3 is 9.47 Å². The van der Waals surface area contributed by atoms with Crippen LogP contribution < -0.4 is 20.3 Å². The Morgan fingerprint density at radius 3 is 2.66 bits per heavy atom. The van der Waals surface area contributed by atoms with Crippen LogP contribution in [0.4, 0.5) is 0 Å². The summed E-state index contributed by atoms with van der Waals surface area (Å²) >= 11 is 3.05. The van der Waals surface area contributed by atoms with Gasteiger partial charge in [-0.2, -0.15) is 0 Å². The molecule has 0 saturated heterocycles. The van der Waals surface area contributed by atoms with Gasteiger partial charge in [0.1, 0.15) is 0 Å². The van der Waals surface area contributed by atoms with Crippen molar-refractivity contribution in [2.45, 2.75) is 30.4 Å². The van der Waals surface area contributed by atoms with Gasteiger partial charge in [-0.15, -0.1) is 23.1 Å². The molecule has 0 bridgehead atoms. The molecule has 1 aromatic heterocycles. The molecular weight excluding hydrogens is 446 g/mol. The Morgan fingerprint density at radius 2 is 1.91 bits per heavy atom. The number of carbonyl (C=O) groups is 2. The van der Waals surface area contributed by atoms with Crippen LogP contribution in [0.25, 0.3) is 0 Å². The number of ether oxygens (including phenoxy) is 2. The third kappa shape index (κ3) is 6.48. The second kappa shape index (κ2) is 12.1. The number of methoxy groups -OCH3 is 1. The van der Waals surface area contributed by atoms with Crippen LogP contribution >= 0.6 is 23.1 Å². The van der Waals surface area contributed by atoms with Crippen molar-refractivity contribution < 1.29 is 19.1 Å². The van der Waals surface area contributed by atoms with Crippen LogP contribution in [-0.2, 0) is 5.75 Å². The quantitative estimate of drug-likeness (QED) is 0.253. The van der Waals surface area contributed by atoms with E-state index >= 15 is 0 Å². The van der Waals surface area contributed by atoms with Gasteiger partial charge in [-0.25, -0.2) is 4.98 Å². The van der Waals surface area contributed by atoms with E-state index in [1.54, 1.807) is 35.8 Å². The molecule has 3 aromatic rings. The SMILES string of the molecule is CCCCOc1ccc(C(=O)NNC(=O)c2ccccc2SCc2cscn2)cc1OC. The Balaban J connectivity index is 1.60. The van der Waals surface area contributed by atoms with E-state index < -0.39 is 11.8 Å². The second-order valence-corrected chi connectivity index (χ2v) is 8.48. The van der Waals surface area contributed by atoms with Gasteiger partial charge in [-0.1, -0.05) is 25.5 Å². The molecule has 168 valence electrons. The minimum atomic E-state index is -0.454. The molecule has 1 heterocycles. The number of hydrogen-bond donors (Lipinski definition) is 2. The summed E-state index contributed by atoms with van der Waals surface area (Å²) < 4.78 is 11.0. The van der Waals surface area contributed by atoms with Crippen molar-refractivity contribution in [1.29, 1.82) is 0 Å². The number of unbranched alkanes of at least 4 members (excludes halogenated alkanes) is 1. The third-order valence-corrected chi connectivity index (χ3v) is 6.20. The molecule has 0 aliphatic heterocycles. The fourth-order valence-corrected chi connectivity index (χ4v) is 4.36. The highest BCUT2D eigenvalue weighted by Gasteiger charge is 2.15. The monoisotopic (exact) mass is 471 g/mol. The number of hydrazine groups is 1. The van der Waals surface area contributed by atoms with Crippen molar-refractivity contribution in [3.8, 4) is 11.5 Å². The summed E-state index contributed by atoms with van der Waals surface area (Å²) in [5, 5.41) is 1.98. The number of amides is 2. The standard InChI is InChI=1S/C23H25N3O4S2/c1-3-4-11-30-19-10-9-16(12-20(19)29-2)22(27)25-26-23(28)18-7-5-6-8-21(18)32-14-17-13-31-15-24-17/h5-10,12-13,15H,3-4,11,14H2,1-2H3,(H,25,27)(H,26,28). The number of hydrogen-bond acceptors (Lipinski definition) is 7. The van der Waals surface area contributed by atoms with E-state index in [0.717, 1.165) is 23.4 Å². The van der Waals surface area contributed by atoms with Gasteiger partial charge in [-0.3, -0.25) is 20.4 Å². The molecule has 0 spiro atoms. The van der Waals surface area contributed by atoms with Crippen LogP contribution in [0.2, 0.25) is 0 Å². The van der Waals surface area contributed by atoms with Crippen LogP contribution in [0, 0.1) is 0 Å². The van der Waals surface area contributed by atoms with Crippen LogP contribution in [0.1, 0.15) is 46.2 Å². The highest BCUT2D eigenvalue weighted by atomic mass is 32.2. The fourth-order valence-electron chi connectivity index (χ4n) is 2.75. The number of thioether (sulfide) groups is 1. The largest absolute Gasteiger partial charge is 0.493 e. The first-order valence-corrected chi connectivity index (χ1v) is 12.1. The summed E-state index contributed by atoms with van der Waals surface area (Å²) in [5.74, 6) is 0.846. The zero-order valence-corrected chi connectivity index (χ0v) is 19.6. The maximum Gasteiger partial charge on any atom is 0.270 e. The average Bonchev–Trinajstić information content (AvgIpc) is 3.35. The number of aromatic nitrogens is 1. The molecule has 2 amide bonds. The van der Waals surface area contributed by atoms with Gasteiger partial charge in [-0.05, 0) is 36.8 Å². The first-order valence-electron chi connectivity index (χ1n) is 10.1. The molecule has 0 saturated carbocycles. The van der Waals surface area contributed by atoms with E-state index in [9.17, 15) is 9.59 Å². The number of benzene rings is 2.